The monoisotopic (exact) mass is 395 g/mol. The number of hydrogen-bond donors (Lipinski definition) is 2. The Morgan fingerprint density at radius 1 is 1.03 bits per heavy atom. The van der Waals surface area contributed by atoms with Crippen LogP contribution in [0.1, 0.15) is 28.8 Å². The van der Waals surface area contributed by atoms with Crippen LogP contribution in [0.25, 0.3) is 6.08 Å². The average molecular weight is 395 g/mol. The predicted octanol–water partition coefficient (Wildman–Crippen LogP) is 2.82. The topological polar surface area (TPSA) is 92.5 Å². The average Bonchev–Trinajstić information content (AvgIpc) is 2.73. The maximum atomic E-state index is 12.9. The van der Waals surface area contributed by atoms with Gasteiger partial charge >= 0.3 is 0 Å². The van der Waals surface area contributed by atoms with E-state index in [1.807, 2.05) is 0 Å². The lowest BCUT2D eigenvalue weighted by atomic mass is 9.95. The van der Waals surface area contributed by atoms with Gasteiger partial charge in [0.15, 0.2) is 0 Å². The summed E-state index contributed by atoms with van der Waals surface area (Å²) < 4.78 is 12.9. The highest BCUT2D eigenvalue weighted by Gasteiger charge is 2.27. The quantitative estimate of drug-likeness (QED) is 0.763. The first kappa shape index (κ1) is 20.3. The third kappa shape index (κ3) is 5.28. The molecule has 6 nitrogen and oxygen atoms in total. The molecule has 3 N–H and O–H groups in total. The molecule has 0 atom stereocenters. The lowest BCUT2D eigenvalue weighted by Gasteiger charge is -2.31. The van der Waals surface area contributed by atoms with E-state index in [1.165, 1.54) is 18.2 Å². The summed E-state index contributed by atoms with van der Waals surface area (Å²) in [4.78, 5) is 38.1. The van der Waals surface area contributed by atoms with Crippen molar-refractivity contribution in [1.29, 1.82) is 0 Å². The number of likely N-dealkylation sites (tertiary alicyclic amines) is 1. The number of para-hydroxylation sites is 1. The maximum absolute atomic E-state index is 12.9. The number of carbonyl (C=O) groups excluding carboxylic acids is 3. The second kappa shape index (κ2) is 9.14. The van der Waals surface area contributed by atoms with Gasteiger partial charge in [0.05, 0.1) is 11.3 Å². The molecule has 0 radical (unpaired) electrons. The molecule has 1 fully saturated rings. The van der Waals surface area contributed by atoms with Gasteiger partial charge in [-0.2, -0.15) is 0 Å². The first-order valence-electron chi connectivity index (χ1n) is 9.36. The predicted molar refractivity (Wildman–Crippen MR) is 108 cm³/mol. The van der Waals surface area contributed by atoms with Crippen LogP contribution in [0, 0.1) is 11.7 Å². The lowest BCUT2D eigenvalue weighted by molar-refractivity contribution is -0.123. The molecule has 0 unspecified atom stereocenters. The van der Waals surface area contributed by atoms with Crippen LogP contribution in [0.15, 0.2) is 54.6 Å². The van der Waals surface area contributed by atoms with Gasteiger partial charge < -0.3 is 16.0 Å². The molecule has 0 aromatic heterocycles. The Balaban J connectivity index is 1.67. The van der Waals surface area contributed by atoms with E-state index >= 15 is 0 Å². The minimum absolute atomic E-state index is 0.202. The van der Waals surface area contributed by atoms with Crippen LogP contribution in [0.3, 0.4) is 0 Å². The van der Waals surface area contributed by atoms with Crippen molar-refractivity contribution < 1.29 is 18.8 Å². The molecule has 2 aromatic carbocycles. The normalized spacial score (nSPS) is 14.7. The highest BCUT2D eigenvalue weighted by atomic mass is 19.1. The summed E-state index contributed by atoms with van der Waals surface area (Å²) in [6, 6.07) is 12.5. The summed E-state index contributed by atoms with van der Waals surface area (Å²) in [5.41, 5.74) is 6.81. The molecule has 0 aliphatic carbocycles. The van der Waals surface area contributed by atoms with Crippen LogP contribution < -0.4 is 11.1 Å². The smallest absolute Gasteiger partial charge is 0.255 e. The molecule has 0 spiro atoms. The van der Waals surface area contributed by atoms with Crippen LogP contribution in [0.5, 0.6) is 0 Å². The van der Waals surface area contributed by atoms with E-state index in [1.54, 1.807) is 47.4 Å². The van der Waals surface area contributed by atoms with Crippen LogP contribution in [-0.2, 0) is 9.59 Å². The van der Waals surface area contributed by atoms with E-state index in [9.17, 15) is 18.8 Å². The van der Waals surface area contributed by atoms with Crippen molar-refractivity contribution in [3.63, 3.8) is 0 Å². The van der Waals surface area contributed by atoms with Gasteiger partial charge in [0.1, 0.15) is 5.82 Å². The van der Waals surface area contributed by atoms with Crippen molar-refractivity contribution in [1.82, 2.24) is 4.90 Å². The van der Waals surface area contributed by atoms with E-state index in [2.05, 4.69) is 5.32 Å². The van der Waals surface area contributed by atoms with E-state index in [0.29, 0.717) is 42.7 Å². The van der Waals surface area contributed by atoms with E-state index < -0.39 is 5.91 Å². The minimum atomic E-state index is -0.401. The number of hydrogen-bond acceptors (Lipinski definition) is 3. The molecular formula is C22H22FN3O3. The van der Waals surface area contributed by atoms with E-state index in [4.69, 9.17) is 5.73 Å². The fraction of sp³-hybridized carbons (Fsp3) is 0.227. The summed E-state index contributed by atoms with van der Waals surface area (Å²) >= 11 is 0. The Bertz CT molecular complexity index is 933. The highest BCUT2D eigenvalue weighted by Crippen LogP contribution is 2.22. The molecule has 1 heterocycles. The minimum Gasteiger partial charge on any atom is -0.369 e. The SMILES string of the molecule is NC(=O)C1CCN(C(=O)c2ccccc2NC(=O)/C=C/c2ccc(F)cc2)CC1. The number of halogens is 1. The van der Waals surface area contributed by atoms with Crippen molar-refractivity contribution in [3.8, 4) is 0 Å². The standard InChI is InChI=1S/C22H22FN3O3/c23-17-8-5-15(6-9-17)7-10-20(27)25-19-4-2-1-3-18(19)22(29)26-13-11-16(12-14-26)21(24)28/h1-10,16H,11-14H2,(H2,24,28)(H,25,27)/b10-7+. The van der Waals surface area contributed by atoms with E-state index in [0.717, 1.165) is 0 Å². The van der Waals surface area contributed by atoms with Crippen molar-refractivity contribution >= 4 is 29.5 Å². The molecule has 1 aliphatic heterocycles. The summed E-state index contributed by atoms with van der Waals surface area (Å²) in [7, 11) is 0. The molecule has 0 bridgehead atoms. The molecule has 2 aromatic rings. The van der Waals surface area contributed by atoms with E-state index in [-0.39, 0.29) is 23.5 Å². The number of amides is 3. The molecule has 29 heavy (non-hydrogen) atoms. The fourth-order valence-electron chi connectivity index (χ4n) is 3.24. The number of rotatable bonds is 5. The Kier molecular flexibility index (Phi) is 6.39. The van der Waals surface area contributed by atoms with Gasteiger partial charge in [0, 0.05) is 25.1 Å². The van der Waals surface area contributed by atoms with Gasteiger partial charge in [-0.05, 0) is 48.7 Å². The number of nitrogens with zero attached hydrogens (tertiary/aromatic N) is 1. The van der Waals surface area contributed by atoms with Crippen LogP contribution >= 0.6 is 0 Å². The zero-order chi connectivity index (χ0) is 20.8. The summed E-state index contributed by atoms with van der Waals surface area (Å²) in [6.45, 7) is 0.887. The molecule has 3 amide bonds. The first-order chi connectivity index (χ1) is 13.9. The molecule has 1 aliphatic rings. The Morgan fingerprint density at radius 2 is 1.69 bits per heavy atom. The van der Waals surface area contributed by atoms with Gasteiger partial charge in [-0.3, -0.25) is 14.4 Å². The molecule has 1 saturated heterocycles. The van der Waals surface area contributed by atoms with Crippen molar-refractivity contribution in [2.45, 2.75) is 12.8 Å². The number of benzene rings is 2. The zero-order valence-corrected chi connectivity index (χ0v) is 15.8. The molecule has 0 saturated carbocycles. The number of anilines is 1. The zero-order valence-electron chi connectivity index (χ0n) is 15.8. The summed E-state index contributed by atoms with van der Waals surface area (Å²) in [6.07, 6.45) is 3.96. The second-order valence-corrected chi connectivity index (χ2v) is 6.89. The molecule has 7 heteroatoms. The second-order valence-electron chi connectivity index (χ2n) is 6.89. The summed E-state index contributed by atoms with van der Waals surface area (Å²) in [5, 5.41) is 2.72. The third-order valence-corrected chi connectivity index (χ3v) is 4.90. The molecular weight excluding hydrogens is 373 g/mol. The Labute approximate surface area is 168 Å². The number of nitrogens with two attached hydrogens (primary N) is 1. The van der Waals surface area contributed by atoms with Gasteiger partial charge in [-0.25, -0.2) is 4.39 Å². The maximum Gasteiger partial charge on any atom is 0.255 e. The first-order valence-corrected chi connectivity index (χ1v) is 9.36. The lowest BCUT2D eigenvalue weighted by Crippen LogP contribution is -2.42. The van der Waals surface area contributed by atoms with Gasteiger partial charge in [0.2, 0.25) is 11.8 Å². The van der Waals surface area contributed by atoms with Crippen molar-refractivity contribution in [2.24, 2.45) is 11.7 Å². The third-order valence-electron chi connectivity index (χ3n) is 4.90. The van der Waals surface area contributed by atoms with Crippen LogP contribution in [0.4, 0.5) is 10.1 Å². The van der Waals surface area contributed by atoms with Gasteiger partial charge in [0.25, 0.3) is 5.91 Å². The number of primary amides is 1. The van der Waals surface area contributed by atoms with Crippen molar-refractivity contribution in [3.05, 3.63) is 71.6 Å². The number of carbonyl (C=O) groups is 3. The van der Waals surface area contributed by atoms with Gasteiger partial charge in [-0.1, -0.05) is 24.3 Å². The summed E-state index contributed by atoms with van der Waals surface area (Å²) in [5.74, 6) is -1.49. The number of piperidine rings is 1. The van der Waals surface area contributed by atoms with Crippen LogP contribution in [-0.4, -0.2) is 35.7 Å². The van der Waals surface area contributed by atoms with Crippen molar-refractivity contribution in [2.75, 3.05) is 18.4 Å². The molecule has 3 rings (SSSR count). The molecule has 150 valence electrons. The van der Waals surface area contributed by atoms with Gasteiger partial charge in [-0.15, -0.1) is 0 Å². The largest absolute Gasteiger partial charge is 0.369 e. The highest BCUT2D eigenvalue weighted by molar-refractivity contribution is 6.07. The Hall–Kier alpha value is -3.48. The fourth-order valence-corrected chi connectivity index (χ4v) is 3.24. The Morgan fingerprint density at radius 3 is 2.34 bits per heavy atom. The van der Waals surface area contributed by atoms with Crippen LogP contribution in [0.2, 0.25) is 0 Å². The number of nitrogens with one attached hydrogen (secondary N) is 1.